The van der Waals surface area contributed by atoms with Crippen molar-refractivity contribution in [1.29, 1.82) is 0 Å². The summed E-state index contributed by atoms with van der Waals surface area (Å²) in [7, 11) is 0. The van der Waals surface area contributed by atoms with Crippen LogP contribution in [0.1, 0.15) is 23.4 Å². The maximum absolute atomic E-state index is 5.74. The first-order valence-corrected chi connectivity index (χ1v) is 6.48. The van der Waals surface area contributed by atoms with E-state index in [-0.39, 0.29) is 0 Å². The Morgan fingerprint density at radius 2 is 2.33 bits per heavy atom. The van der Waals surface area contributed by atoms with Gasteiger partial charge in [-0.05, 0) is 56.3 Å². The molecule has 0 radical (unpaired) electrons. The van der Waals surface area contributed by atoms with Gasteiger partial charge in [-0.1, -0.05) is 17.3 Å². The summed E-state index contributed by atoms with van der Waals surface area (Å²) in [6, 6.07) is 8.38. The summed E-state index contributed by atoms with van der Waals surface area (Å²) in [4.78, 5) is 0. The Hall–Kier alpha value is -1.68. The highest BCUT2D eigenvalue weighted by molar-refractivity contribution is 5.37. The molecule has 0 bridgehead atoms. The molecule has 0 amide bonds. The Balaban J connectivity index is 1.98. The monoisotopic (exact) mass is 242 g/mol. The number of nitrogens with zero attached hydrogens (tertiary/aromatic N) is 3. The summed E-state index contributed by atoms with van der Waals surface area (Å²) >= 11 is 0. The third-order valence-electron chi connectivity index (χ3n) is 3.69. The van der Waals surface area contributed by atoms with Gasteiger partial charge in [0, 0.05) is 0 Å². The maximum Gasteiger partial charge on any atom is 0.0867 e. The highest BCUT2D eigenvalue weighted by Crippen LogP contribution is 2.25. The van der Waals surface area contributed by atoms with Gasteiger partial charge < -0.3 is 5.73 Å². The first kappa shape index (κ1) is 11.4. The van der Waals surface area contributed by atoms with Crippen molar-refractivity contribution < 1.29 is 0 Å². The Labute approximate surface area is 107 Å². The lowest BCUT2D eigenvalue weighted by Crippen LogP contribution is -2.23. The molecule has 0 saturated heterocycles. The standard InChI is InChI=1S/C14H18N4/c1-10-3-2-4-12(7-10)18-14-6-5-11(9-15)8-13(14)16-17-18/h2-4,7,11H,5-6,8-9,15H2,1H3. The molecule has 0 fully saturated rings. The summed E-state index contributed by atoms with van der Waals surface area (Å²) in [6.45, 7) is 2.84. The van der Waals surface area contributed by atoms with E-state index in [0.717, 1.165) is 37.2 Å². The number of fused-ring (bicyclic) bond motifs is 1. The molecule has 1 aliphatic carbocycles. The van der Waals surface area contributed by atoms with E-state index >= 15 is 0 Å². The van der Waals surface area contributed by atoms with E-state index in [4.69, 9.17) is 5.73 Å². The first-order valence-electron chi connectivity index (χ1n) is 6.48. The zero-order valence-electron chi connectivity index (χ0n) is 10.6. The Kier molecular flexibility index (Phi) is 2.88. The number of aromatic nitrogens is 3. The van der Waals surface area contributed by atoms with Crippen LogP contribution in [0.5, 0.6) is 0 Å². The number of benzene rings is 1. The average molecular weight is 242 g/mol. The lowest BCUT2D eigenvalue weighted by atomic mass is 9.90. The molecule has 1 aromatic carbocycles. The van der Waals surface area contributed by atoms with Gasteiger partial charge in [-0.15, -0.1) is 5.10 Å². The SMILES string of the molecule is Cc1cccc(-n2nnc3c2CCC(CN)C3)c1. The quantitative estimate of drug-likeness (QED) is 0.871. The van der Waals surface area contributed by atoms with E-state index in [0.29, 0.717) is 5.92 Å². The molecule has 0 spiro atoms. The van der Waals surface area contributed by atoms with Crippen molar-refractivity contribution in [1.82, 2.24) is 15.0 Å². The Morgan fingerprint density at radius 3 is 3.11 bits per heavy atom. The molecule has 0 aliphatic heterocycles. The molecule has 3 rings (SSSR count). The topological polar surface area (TPSA) is 56.7 Å². The van der Waals surface area contributed by atoms with Gasteiger partial charge in [0.25, 0.3) is 0 Å². The normalized spacial score (nSPS) is 18.7. The fourth-order valence-corrected chi connectivity index (χ4v) is 2.63. The smallest absolute Gasteiger partial charge is 0.0867 e. The number of aryl methyl sites for hydroxylation is 1. The summed E-state index contributed by atoms with van der Waals surface area (Å²) in [5.41, 5.74) is 10.5. The van der Waals surface area contributed by atoms with Crippen molar-refractivity contribution >= 4 is 0 Å². The van der Waals surface area contributed by atoms with Gasteiger partial charge in [0.15, 0.2) is 0 Å². The molecule has 1 aliphatic rings. The molecular formula is C14H18N4. The fraction of sp³-hybridized carbons (Fsp3) is 0.429. The van der Waals surface area contributed by atoms with Gasteiger partial charge in [0.05, 0.1) is 17.1 Å². The van der Waals surface area contributed by atoms with Crippen LogP contribution in [0.15, 0.2) is 24.3 Å². The van der Waals surface area contributed by atoms with Crippen molar-refractivity contribution in [3.8, 4) is 5.69 Å². The second-order valence-electron chi connectivity index (χ2n) is 5.08. The maximum atomic E-state index is 5.74. The van der Waals surface area contributed by atoms with Gasteiger partial charge in [-0.3, -0.25) is 0 Å². The van der Waals surface area contributed by atoms with Gasteiger partial charge in [-0.2, -0.15) is 0 Å². The van der Waals surface area contributed by atoms with E-state index in [1.807, 2.05) is 4.68 Å². The highest BCUT2D eigenvalue weighted by Gasteiger charge is 2.23. The van der Waals surface area contributed by atoms with Crippen LogP contribution in [0.3, 0.4) is 0 Å². The molecule has 1 aromatic heterocycles. The third kappa shape index (κ3) is 1.93. The zero-order valence-corrected chi connectivity index (χ0v) is 10.6. The van der Waals surface area contributed by atoms with Crippen LogP contribution in [-0.4, -0.2) is 21.5 Å². The number of rotatable bonds is 2. The lowest BCUT2D eigenvalue weighted by molar-refractivity contribution is 0.458. The Bertz CT molecular complexity index is 559. The van der Waals surface area contributed by atoms with Crippen LogP contribution >= 0.6 is 0 Å². The van der Waals surface area contributed by atoms with E-state index in [1.54, 1.807) is 0 Å². The fourth-order valence-electron chi connectivity index (χ4n) is 2.63. The molecule has 2 N–H and O–H groups in total. The molecule has 0 saturated carbocycles. The van der Waals surface area contributed by atoms with E-state index in [9.17, 15) is 0 Å². The van der Waals surface area contributed by atoms with Gasteiger partial charge in [-0.25, -0.2) is 4.68 Å². The van der Waals surface area contributed by atoms with Gasteiger partial charge in [0.1, 0.15) is 0 Å². The van der Waals surface area contributed by atoms with E-state index in [2.05, 4.69) is 41.5 Å². The molecule has 94 valence electrons. The second kappa shape index (κ2) is 4.53. The molecular weight excluding hydrogens is 224 g/mol. The molecule has 18 heavy (non-hydrogen) atoms. The zero-order chi connectivity index (χ0) is 12.5. The van der Waals surface area contributed by atoms with Crippen LogP contribution in [0.2, 0.25) is 0 Å². The molecule has 4 heteroatoms. The average Bonchev–Trinajstić information content (AvgIpc) is 2.81. The van der Waals surface area contributed by atoms with Crippen LogP contribution in [0, 0.1) is 12.8 Å². The van der Waals surface area contributed by atoms with E-state index in [1.165, 1.54) is 11.3 Å². The second-order valence-corrected chi connectivity index (χ2v) is 5.08. The summed E-state index contributed by atoms with van der Waals surface area (Å²) in [6.07, 6.45) is 3.14. The number of hydrogen-bond acceptors (Lipinski definition) is 3. The van der Waals surface area contributed by atoms with Gasteiger partial charge >= 0.3 is 0 Å². The van der Waals surface area contributed by atoms with Crippen LogP contribution in [0.25, 0.3) is 5.69 Å². The van der Waals surface area contributed by atoms with Gasteiger partial charge in [0.2, 0.25) is 0 Å². The van der Waals surface area contributed by atoms with Crippen LogP contribution in [0.4, 0.5) is 0 Å². The van der Waals surface area contributed by atoms with E-state index < -0.39 is 0 Å². The first-order chi connectivity index (χ1) is 8.78. The predicted molar refractivity (Wildman–Crippen MR) is 70.7 cm³/mol. The predicted octanol–water partition coefficient (Wildman–Crippen LogP) is 1.64. The lowest BCUT2D eigenvalue weighted by Gasteiger charge is -2.20. The molecule has 1 unspecified atom stereocenters. The van der Waals surface area contributed by atoms with Crippen LogP contribution in [-0.2, 0) is 12.8 Å². The third-order valence-corrected chi connectivity index (χ3v) is 3.69. The minimum absolute atomic E-state index is 0.570. The van der Waals surface area contributed by atoms with Crippen LogP contribution < -0.4 is 5.73 Å². The van der Waals surface area contributed by atoms with Crippen molar-refractivity contribution in [2.45, 2.75) is 26.2 Å². The van der Waals surface area contributed by atoms with Crippen molar-refractivity contribution in [2.75, 3.05) is 6.54 Å². The molecule has 4 nitrogen and oxygen atoms in total. The van der Waals surface area contributed by atoms with Crippen molar-refractivity contribution in [2.24, 2.45) is 11.7 Å². The minimum Gasteiger partial charge on any atom is -0.330 e. The summed E-state index contributed by atoms with van der Waals surface area (Å²) in [5.74, 6) is 0.570. The minimum atomic E-state index is 0.570. The summed E-state index contributed by atoms with van der Waals surface area (Å²) in [5, 5.41) is 8.62. The molecule has 1 heterocycles. The number of nitrogens with two attached hydrogens (primary N) is 1. The highest BCUT2D eigenvalue weighted by atomic mass is 15.4. The number of hydrogen-bond donors (Lipinski definition) is 1. The summed E-state index contributed by atoms with van der Waals surface area (Å²) < 4.78 is 1.98. The molecule has 2 aromatic rings. The molecule has 1 atom stereocenters. The largest absolute Gasteiger partial charge is 0.330 e. The Morgan fingerprint density at radius 1 is 1.44 bits per heavy atom. The van der Waals surface area contributed by atoms with Crippen molar-refractivity contribution in [3.63, 3.8) is 0 Å². The van der Waals surface area contributed by atoms with Crippen molar-refractivity contribution in [3.05, 3.63) is 41.2 Å².